The zero-order valence-electron chi connectivity index (χ0n) is 17.9. The number of carbonyl (C=O) groups excluding carboxylic acids is 3. The second-order valence-corrected chi connectivity index (χ2v) is 7.03. The van der Waals surface area contributed by atoms with Crippen molar-refractivity contribution in [2.45, 2.75) is 57.5 Å². The van der Waals surface area contributed by atoms with Gasteiger partial charge in [-0.3, -0.25) is 24.5 Å². The van der Waals surface area contributed by atoms with Gasteiger partial charge in [0.15, 0.2) is 17.6 Å². The molecule has 0 spiro atoms. The number of hydrogen-bond acceptors (Lipinski definition) is 10. The summed E-state index contributed by atoms with van der Waals surface area (Å²) < 4.78 is 26.3. The lowest BCUT2D eigenvalue weighted by molar-refractivity contribution is -0.545. The van der Waals surface area contributed by atoms with Crippen LogP contribution in [0.4, 0.5) is 0 Å². The minimum absolute atomic E-state index is 0.0452. The summed E-state index contributed by atoms with van der Waals surface area (Å²) in [5.74, 6) is -2.32. The van der Waals surface area contributed by atoms with Crippen LogP contribution in [0.2, 0.25) is 0 Å². The number of carbonyl (C=O) groups is 3. The smallest absolute Gasteiger partial charge is 0.303 e. The minimum Gasteiger partial charge on any atom is -0.493 e. The van der Waals surface area contributed by atoms with Crippen molar-refractivity contribution >= 4 is 17.9 Å². The van der Waals surface area contributed by atoms with Crippen molar-refractivity contribution < 1.29 is 43.0 Å². The van der Waals surface area contributed by atoms with E-state index in [1.54, 1.807) is 18.2 Å². The number of hydrogen-bond donors (Lipinski definition) is 0. The molecule has 5 atom stereocenters. The van der Waals surface area contributed by atoms with E-state index in [1.807, 2.05) is 0 Å². The van der Waals surface area contributed by atoms with Gasteiger partial charge < -0.3 is 23.7 Å². The molecule has 0 radical (unpaired) electrons. The average molecular weight is 439 g/mol. The molecule has 0 amide bonds. The predicted octanol–water partition coefficient (Wildman–Crippen LogP) is 1.63. The van der Waals surface area contributed by atoms with Crippen LogP contribution in [-0.2, 0) is 28.6 Å². The second kappa shape index (κ2) is 10.1. The Bertz CT molecular complexity index is 854. The molecule has 0 aromatic heterocycles. The molecule has 11 nitrogen and oxygen atoms in total. The average Bonchev–Trinajstić information content (AvgIpc) is 2.68. The first-order valence-electron chi connectivity index (χ1n) is 9.46. The summed E-state index contributed by atoms with van der Waals surface area (Å²) in [7, 11) is 2.88. The topological polar surface area (TPSA) is 140 Å². The summed E-state index contributed by atoms with van der Waals surface area (Å²) in [6.07, 6.45) is -3.93. The molecule has 1 saturated carbocycles. The molecule has 1 aliphatic carbocycles. The van der Waals surface area contributed by atoms with Gasteiger partial charge in [0.05, 0.1) is 20.1 Å². The Morgan fingerprint density at radius 3 is 1.94 bits per heavy atom. The molecule has 0 N–H and O–H groups in total. The van der Waals surface area contributed by atoms with Crippen molar-refractivity contribution in [3.05, 3.63) is 33.9 Å². The van der Waals surface area contributed by atoms with Crippen molar-refractivity contribution in [1.29, 1.82) is 0 Å². The minimum atomic E-state index is -1.48. The van der Waals surface area contributed by atoms with Crippen LogP contribution in [0.5, 0.6) is 11.5 Å². The van der Waals surface area contributed by atoms with Crippen LogP contribution >= 0.6 is 0 Å². The molecular weight excluding hydrogens is 414 g/mol. The molecular formula is C20H25NO10. The van der Waals surface area contributed by atoms with Crippen LogP contribution in [0.25, 0.3) is 0 Å². The second-order valence-electron chi connectivity index (χ2n) is 7.03. The van der Waals surface area contributed by atoms with Crippen molar-refractivity contribution in [1.82, 2.24) is 0 Å². The fraction of sp³-hybridized carbons (Fsp3) is 0.550. The van der Waals surface area contributed by atoms with E-state index in [0.29, 0.717) is 17.1 Å². The Kier molecular flexibility index (Phi) is 7.78. The Balaban J connectivity index is 2.60. The Morgan fingerprint density at radius 2 is 1.45 bits per heavy atom. The van der Waals surface area contributed by atoms with Crippen LogP contribution in [-0.4, -0.2) is 61.4 Å². The quantitative estimate of drug-likeness (QED) is 0.266. The Labute approximate surface area is 178 Å². The molecule has 2 rings (SSSR count). The van der Waals surface area contributed by atoms with E-state index in [2.05, 4.69) is 0 Å². The lowest BCUT2D eigenvalue weighted by Crippen LogP contribution is -2.59. The molecule has 31 heavy (non-hydrogen) atoms. The van der Waals surface area contributed by atoms with Crippen LogP contribution in [0, 0.1) is 10.1 Å². The van der Waals surface area contributed by atoms with Crippen LogP contribution in [0.15, 0.2) is 18.2 Å². The summed E-state index contributed by atoms with van der Waals surface area (Å²) in [4.78, 5) is 46.6. The first-order valence-corrected chi connectivity index (χ1v) is 9.46. The first-order chi connectivity index (χ1) is 14.6. The van der Waals surface area contributed by atoms with E-state index in [0.717, 1.165) is 20.8 Å². The molecule has 0 aliphatic heterocycles. The summed E-state index contributed by atoms with van der Waals surface area (Å²) in [6, 6.07) is 3.30. The summed E-state index contributed by atoms with van der Waals surface area (Å²) in [5.41, 5.74) is 0.481. The Morgan fingerprint density at radius 1 is 0.903 bits per heavy atom. The highest BCUT2D eigenvalue weighted by molar-refractivity contribution is 5.68. The standard InChI is InChI=1S/C20H25NO10/c1-10(22)29-17-9-14(13-6-7-15(27-4)16(8-13)28-5)18(21(25)26)20(31-12(3)24)19(17)30-11(2)23/h6-8,14,17-20H,9H2,1-5H3. The maximum Gasteiger partial charge on any atom is 0.303 e. The molecule has 0 heterocycles. The zero-order chi connectivity index (χ0) is 23.3. The number of nitrogens with zero attached hydrogens (tertiary/aromatic N) is 1. The van der Waals surface area contributed by atoms with E-state index in [4.69, 9.17) is 23.7 Å². The van der Waals surface area contributed by atoms with Gasteiger partial charge >= 0.3 is 17.9 Å². The predicted molar refractivity (Wildman–Crippen MR) is 104 cm³/mol. The van der Waals surface area contributed by atoms with E-state index < -0.39 is 53.1 Å². The molecule has 0 bridgehead atoms. The van der Waals surface area contributed by atoms with Gasteiger partial charge in [0, 0.05) is 32.1 Å². The number of nitro groups is 1. The van der Waals surface area contributed by atoms with Gasteiger partial charge in [0.25, 0.3) is 6.04 Å². The highest BCUT2D eigenvalue weighted by Gasteiger charge is 2.56. The summed E-state index contributed by atoms with van der Waals surface area (Å²) >= 11 is 0. The summed E-state index contributed by atoms with van der Waals surface area (Å²) in [5, 5.41) is 12.1. The van der Waals surface area contributed by atoms with Crippen LogP contribution in [0.1, 0.15) is 38.7 Å². The molecule has 1 aromatic rings. The van der Waals surface area contributed by atoms with Gasteiger partial charge in [0.2, 0.25) is 6.10 Å². The maximum absolute atomic E-state index is 12.1. The van der Waals surface area contributed by atoms with E-state index in [-0.39, 0.29) is 6.42 Å². The fourth-order valence-electron chi connectivity index (χ4n) is 3.83. The normalized spacial score (nSPS) is 25.1. The number of benzene rings is 1. The molecule has 1 aliphatic rings. The number of esters is 3. The van der Waals surface area contributed by atoms with Gasteiger partial charge in [-0.15, -0.1) is 0 Å². The molecule has 0 saturated heterocycles. The van der Waals surface area contributed by atoms with Gasteiger partial charge in [-0.1, -0.05) is 6.07 Å². The van der Waals surface area contributed by atoms with E-state index in [9.17, 15) is 24.5 Å². The maximum atomic E-state index is 12.1. The number of methoxy groups -OCH3 is 2. The lowest BCUT2D eigenvalue weighted by Gasteiger charge is -2.41. The third-order valence-corrected chi connectivity index (χ3v) is 4.93. The number of ether oxygens (including phenoxy) is 5. The summed E-state index contributed by atoms with van der Waals surface area (Å²) in [6.45, 7) is 3.36. The van der Waals surface area contributed by atoms with Crippen molar-refractivity contribution in [3.63, 3.8) is 0 Å². The SMILES string of the molecule is COc1ccc(C2CC(OC(C)=O)C(OC(C)=O)C(OC(C)=O)C2[N+](=O)[O-])cc1OC. The molecule has 1 fully saturated rings. The van der Waals surface area contributed by atoms with Gasteiger partial charge in [-0.25, -0.2) is 0 Å². The highest BCUT2D eigenvalue weighted by atomic mass is 16.6. The van der Waals surface area contributed by atoms with Crippen LogP contribution < -0.4 is 9.47 Å². The third-order valence-electron chi connectivity index (χ3n) is 4.93. The molecule has 5 unspecified atom stereocenters. The van der Waals surface area contributed by atoms with Gasteiger partial charge in [0.1, 0.15) is 6.10 Å². The lowest BCUT2D eigenvalue weighted by atomic mass is 9.75. The largest absolute Gasteiger partial charge is 0.493 e. The van der Waals surface area contributed by atoms with Crippen molar-refractivity contribution in [2.75, 3.05) is 14.2 Å². The molecule has 1 aromatic carbocycles. The van der Waals surface area contributed by atoms with E-state index >= 15 is 0 Å². The number of rotatable bonds is 7. The van der Waals surface area contributed by atoms with Gasteiger partial charge in [-0.2, -0.15) is 0 Å². The fourth-order valence-corrected chi connectivity index (χ4v) is 3.83. The monoisotopic (exact) mass is 439 g/mol. The van der Waals surface area contributed by atoms with E-state index in [1.165, 1.54) is 14.2 Å². The third kappa shape index (κ3) is 5.62. The molecule has 170 valence electrons. The van der Waals surface area contributed by atoms with Crippen molar-refractivity contribution in [3.8, 4) is 11.5 Å². The first kappa shape index (κ1) is 23.9. The van der Waals surface area contributed by atoms with Crippen molar-refractivity contribution in [2.24, 2.45) is 0 Å². The zero-order valence-corrected chi connectivity index (χ0v) is 17.9. The Hall–Kier alpha value is -3.37. The van der Waals surface area contributed by atoms with Gasteiger partial charge in [-0.05, 0) is 17.7 Å². The van der Waals surface area contributed by atoms with Crippen LogP contribution in [0.3, 0.4) is 0 Å². The highest BCUT2D eigenvalue weighted by Crippen LogP contribution is 2.41. The molecule has 11 heteroatoms.